The van der Waals surface area contributed by atoms with Gasteiger partial charge in [0.25, 0.3) is 0 Å². The zero-order valence-corrected chi connectivity index (χ0v) is 10.3. The van der Waals surface area contributed by atoms with Crippen molar-refractivity contribution in [3.8, 4) is 0 Å². The van der Waals surface area contributed by atoms with Gasteiger partial charge in [-0.15, -0.1) is 0 Å². The zero-order chi connectivity index (χ0) is 11.2. The van der Waals surface area contributed by atoms with Crippen LogP contribution in [0, 0.1) is 0 Å². The molecular weight excluding hydrogens is 198 g/mol. The lowest BCUT2D eigenvalue weighted by atomic mass is 10.2. The van der Waals surface area contributed by atoms with Crippen LogP contribution in [-0.4, -0.2) is 29.1 Å². The van der Waals surface area contributed by atoms with Crippen molar-refractivity contribution in [1.82, 2.24) is 0 Å². The second-order valence-electron chi connectivity index (χ2n) is 4.40. The number of ether oxygens (including phenoxy) is 1. The van der Waals surface area contributed by atoms with E-state index < -0.39 is 0 Å². The minimum atomic E-state index is -0.376. The van der Waals surface area contributed by atoms with Crippen LogP contribution < -0.4 is 5.73 Å². The summed E-state index contributed by atoms with van der Waals surface area (Å²) in [6.45, 7) is 7.58. The van der Waals surface area contributed by atoms with Crippen molar-refractivity contribution in [1.29, 1.82) is 0 Å². The van der Waals surface area contributed by atoms with Gasteiger partial charge in [0.1, 0.15) is 5.60 Å². The van der Waals surface area contributed by atoms with E-state index in [1.54, 1.807) is 11.8 Å². The van der Waals surface area contributed by atoms with Gasteiger partial charge in [-0.1, -0.05) is 0 Å². The Bertz CT molecular complexity index is 175. The molecule has 0 aliphatic carbocycles. The lowest BCUT2D eigenvalue weighted by Gasteiger charge is -2.19. The van der Waals surface area contributed by atoms with E-state index in [2.05, 4.69) is 0 Å². The highest BCUT2D eigenvalue weighted by molar-refractivity contribution is 7.99. The fourth-order valence-electron chi connectivity index (χ4n) is 0.796. The smallest absolute Gasteiger partial charge is 0.316 e. The van der Waals surface area contributed by atoms with Crippen LogP contribution in [0.15, 0.2) is 0 Å². The Morgan fingerprint density at radius 1 is 1.50 bits per heavy atom. The summed E-state index contributed by atoms with van der Waals surface area (Å²) in [6, 6.07) is 0.209. The van der Waals surface area contributed by atoms with Gasteiger partial charge in [-0.2, -0.15) is 11.8 Å². The molecule has 0 fully saturated rings. The molecule has 0 aliphatic rings. The van der Waals surface area contributed by atoms with E-state index in [4.69, 9.17) is 10.5 Å². The molecule has 3 nitrogen and oxygen atoms in total. The van der Waals surface area contributed by atoms with Crippen LogP contribution in [0.25, 0.3) is 0 Å². The summed E-state index contributed by atoms with van der Waals surface area (Å²) in [6.07, 6.45) is 0.938. The van der Waals surface area contributed by atoms with Crippen LogP contribution in [0.3, 0.4) is 0 Å². The molecule has 0 aromatic carbocycles. The lowest BCUT2D eigenvalue weighted by molar-refractivity contribution is -0.151. The van der Waals surface area contributed by atoms with E-state index >= 15 is 0 Å². The van der Waals surface area contributed by atoms with Gasteiger partial charge in [0.15, 0.2) is 0 Å². The Morgan fingerprint density at radius 3 is 2.50 bits per heavy atom. The number of nitrogens with two attached hydrogens (primary N) is 1. The summed E-state index contributed by atoms with van der Waals surface area (Å²) in [5.41, 5.74) is 5.21. The average molecular weight is 219 g/mol. The van der Waals surface area contributed by atoms with E-state index in [0.29, 0.717) is 5.75 Å². The Kier molecular flexibility index (Phi) is 6.20. The molecule has 0 heterocycles. The van der Waals surface area contributed by atoms with Crippen molar-refractivity contribution in [2.45, 2.75) is 45.8 Å². The van der Waals surface area contributed by atoms with Crippen LogP contribution in [0.5, 0.6) is 0 Å². The number of carbonyl (C=O) groups is 1. The van der Waals surface area contributed by atoms with Crippen molar-refractivity contribution in [2.24, 2.45) is 5.73 Å². The minimum absolute atomic E-state index is 0.146. The van der Waals surface area contributed by atoms with Crippen molar-refractivity contribution in [2.75, 3.05) is 11.5 Å². The van der Waals surface area contributed by atoms with Crippen molar-refractivity contribution >= 4 is 17.7 Å². The van der Waals surface area contributed by atoms with Crippen molar-refractivity contribution in [3.05, 3.63) is 0 Å². The fourth-order valence-corrected chi connectivity index (χ4v) is 1.70. The Hall–Kier alpha value is -0.220. The van der Waals surface area contributed by atoms with Crippen molar-refractivity contribution < 1.29 is 9.53 Å². The third-order valence-corrected chi connectivity index (χ3v) is 2.32. The first-order valence-electron chi connectivity index (χ1n) is 4.86. The summed E-state index contributed by atoms with van der Waals surface area (Å²) in [7, 11) is 0. The molecule has 2 N–H and O–H groups in total. The molecule has 0 bridgehead atoms. The molecule has 0 spiro atoms. The maximum absolute atomic E-state index is 11.2. The van der Waals surface area contributed by atoms with Crippen LogP contribution in [0.2, 0.25) is 0 Å². The quantitative estimate of drug-likeness (QED) is 0.566. The SMILES string of the molecule is CC(N)CCSCC(=O)OC(C)(C)C. The minimum Gasteiger partial charge on any atom is -0.459 e. The number of rotatable bonds is 5. The largest absolute Gasteiger partial charge is 0.459 e. The van der Waals surface area contributed by atoms with Crippen LogP contribution in [0.4, 0.5) is 0 Å². The molecule has 0 saturated heterocycles. The third-order valence-electron chi connectivity index (χ3n) is 1.36. The summed E-state index contributed by atoms with van der Waals surface area (Å²) in [5, 5.41) is 0. The molecule has 0 saturated carbocycles. The molecule has 4 heteroatoms. The fraction of sp³-hybridized carbons (Fsp3) is 0.900. The molecular formula is C10H21NO2S. The summed E-state index contributed by atoms with van der Waals surface area (Å²) >= 11 is 1.58. The highest BCUT2D eigenvalue weighted by Gasteiger charge is 2.15. The molecule has 0 aliphatic heterocycles. The lowest BCUT2D eigenvalue weighted by Crippen LogP contribution is -2.25. The molecule has 0 aromatic rings. The van der Waals surface area contributed by atoms with Gasteiger partial charge in [0.2, 0.25) is 0 Å². The predicted molar refractivity (Wildman–Crippen MR) is 61.4 cm³/mol. The van der Waals surface area contributed by atoms with Crippen LogP contribution >= 0.6 is 11.8 Å². The number of hydrogen-bond acceptors (Lipinski definition) is 4. The zero-order valence-electron chi connectivity index (χ0n) is 9.50. The van der Waals surface area contributed by atoms with Gasteiger partial charge in [-0.05, 0) is 39.9 Å². The molecule has 14 heavy (non-hydrogen) atoms. The van der Waals surface area contributed by atoms with Gasteiger partial charge < -0.3 is 10.5 Å². The highest BCUT2D eigenvalue weighted by atomic mass is 32.2. The topological polar surface area (TPSA) is 52.3 Å². The number of hydrogen-bond donors (Lipinski definition) is 1. The molecule has 0 rings (SSSR count). The van der Waals surface area contributed by atoms with Crippen LogP contribution in [0.1, 0.15) is 34.1 Å². The maximum Gasteiger partial charge on any atom is 0.316 e. The first kappa shape index (κ1) is 13.8. The molecule has 0 radical (unpaired) electrons. The number of carbonyl (C=O) groups excluding carboxylic acids is 1. The number of thioether (sulfide) groups is 1. The predicted octanol–water partition coefficient (Wildman–Crippen LogP) is 1.80. The van der Waals surface area contributed by atoms with Gasteiger partial charge in [-0.3, -0.25) is 4.79 Å². The molecule has 0 aromatic heterocycles. The molecule has 1 unspecified atom stereocenters. The molecule has 0 amide bonds. The summed E-state index contributed by atoms with van der Waals surface area (Å²) in [5.74, 6) is 1.19. The molecule has 84 valence electrons. The standard InChI is InChI=1S/C10H21NO2S/c1-8(11)5-6-14-7-9(12)13-10(2,3)4/h8H,5-7,11H2,1-4H3. The normalized spacial score (nSPS) is 13.8. The summed E-state index contributed by atoms with van der Waals surface area (Å²) < 4.78 is 5.15. The first-order chi connectivity index (χ1) is 6.31. The van der Waals surface area contributed by atoms with Crippen molar-refractivity contribution in [3.63, 3.8) is 0 Å². The van der Waals surface area contributed by atoms with E-state index in [1.807, 2.05) is 27.7 Å². The average Bonchev–Trinajstić information content (AvgIpc) is 1.94. The van der Waals surface area contributed by atoms with E-state index in [-0.39, 0.29) is 17.6 Å². The third kappa shape index (κ3) is 9.86. The van der Waals surface area contributed by atoms with Gasteiger partial charge >= 0.3 is 5.97 Å². The first-order valence-corrected chi connectivity index (χ1v) is 6.02. The van der Waals surface area contributed by atoms with Crippen LogP contribution in [-0.2, 0) is 9.53 Å². The molecule has 1 atom stereocenters. The maximum atomic E-state index is 11.2. The second-order valence-corrected chi connectivity index (χ2v) is 5.51. The van der Waals surface area contributed by atoms with Gasteiger partial charge in [0.05, 0.1) is 5.75 Å². The van der Waals surface area contributed by atoms with E-state index in [9.17, 15) is 4.79 Å². The number of esters is 1. The highest BCUT2D eigenvalue weighted by Crippen LogP contribution is 2.10. The van der Waals surface area contributed by atoms with E-state index in [0.717, 1.165) is 12.2 Å². The Balaban J connectivity index is 3.46. The van der Waals surface area contributed by atoms with Gasteiger partial charge in [0, 0.05) is 6.04 Å². The van der Waals surface area contributed by atoms with E-state index in [1.165, 1.54) is 0 Å². The van der Waals surface area contributed by atoms with Gasteiger partial charge in [-0.25, -0.2) is 0 Å². The Labute approximate surface area is 90.8 Å². The monoisotopic (exact) mass is 219 g/mol. The Morgan fingerprint density at radius 2 is 2.07 bits per heavy atom. The second kappa shape index (κ2) is 6.30. The summed E-state index contributed by atoms with van der Waals surface area (Å²) in [4.78, 5) is 11.2.